The predicted octanol–water partition coefficient (Wildman–Crippen LogP) is 3.51. The number of rotatable bonds is 2. The van der Waals surface area contributed by atoms with Crippen LogP contribution in [0.25, 0.3) is 0 Å². The third-order valence-electron chi connectivity index (χ3n) is 0.601. The molecule has 0 saturated heterocycles. The van der Waals surface area contributed by atoms with E-state index in [2.05, 4.69) is 9.47 Å². The molecule has 0 atom stereocenters. The van der Waals surface area contributed by atoms with Gasteiger partial charge < -0.3 is 26.7 Å². The second-order valence-corrected chi connectivity index (χ2v) is 1.92. The molecule has 0 saturated carbocycles. The van der Waals surface area contributed by atoms with Gasteiger partial charge in [0.25, 0.3) is 0 Å². The van der Waals surface area contributed by atoms with Crippen LogP contribution in [-0.2, 0) is 9.47 Å². The Kier molecular flexibility index (Phi) is 9.70. The van der Waals surface area contributed by atoms with Crippen LogP contribution in [0.5, 0.6) is 0 Å². The minimum Gasteiger partial charge on any atom is -0.418 e. The maximum absolute atomic E-state index is 10.4. The second-order valence-electron chi connectivity index (χ2n) is 1.92. The molecule has 3 nitrogen and oxygen atoms in total. The number of hydrogen-bond donors (Lipinski definition) is 0. The molecule has 0 radical (unpaired) electrons. The normalized spacial score (nSPS) is 11.1. The molecule has 15 heavy (non-hydrogen) atoms. The molecule has 0 aliphatic rings. The Labute approximate surface area is 84.5 Å². The van der Waals surface area contributed by atoms with E-state index in [0.717, 1.165) is 0 Å². The fourth-order valence-corrected chi connectivity index (χ4v) is 0.275. The SMILES string of the molecule is CC=COC(=O)OC=CC.F[B-](F)(F)F. The first-order valence-electron chi connectivity index (χ1n) is 3.78. The summed E-state index contributed by atoms with van der Waals surface area (Å²) in [6, 6.07) is 0. The summed E-state index contributed by atoms with van der Waals surface area (Å²) >= 11 is 0. The quantitative estimate of drug-likeness (QED) is 0.314. The van der Waals surface area contributed by atoms with E-state index in [-0.39, 0.29) is 0 Å². The highest BCUT2D eigenvalue weighted by Crippen LogP contribution is 2.06. The molecule has 0 spiro atoms. The molecule has 0 rings (SSSR count). The van der Waals surface area contributed by atoms with Gasteiger partial charge in [0, 0.05) is 0 Å². The summed E-state index contributed by atoms with van der Waals surface area (Å²) in [4.78, 5) is 10.4. The Bertz CT molecular complexity index is 203. The Morgan fingerprint density at radius 2 is 1.27 bits per heavy atom. The van der Waals surface area contributed by atoms with Crippen LogP contribution in [0.3, 0.4) is 0 Å². The van der Waals surface area contributed by atoms with Crippen molar-refractivity contribution in [2.24, 2.45) is 0 Å². The smallest absolute Gasteiger partial charge is 0.418 e. The van der Waals surface area contributed by atoms with Crippen LogP contribution < -0.4 is 0 Å². The van der Waals surface area contributed by atoms with Crippen molar-refractivity contribution in [2.75, 3.05) is 0 Å². The van der Waals surface area contributed by atoms with Gasteiger partial charge in [0.15, 0.2) is 0 Å². The zero-order chi connectivity index (χ0) is 12.3. The van der Waals surface area contributed by atoms with Crippen molar-refractivity contribution in [1.82, 2.24) is 0 Å². The van der Waals surface area contributed by atoms with Crippen LogP contribution in [0.4, 0.5) is 22.1 Å². The van der Waals surface area contributed by atoms with E-state index in [1.54, 1.807) is 26.0 Å². The lowest BCUT2D eigenvalue weighted by molar-refractivity contribution is 0.119. The minimum atomic E-state index is -6.00. The number of carbonyl (C=O) groups excluding carboxylic acids is 1. The second kappa shape index (κ2) is 9.10. The molecule has 0 bridgehead atoms. The lowest BCUT2D eigenvalue weighted by Crippen LogP contribution is -2.02. The Morgan fingerprint density at radius 3 is 1.47 bits per heavy atom. The maximum Gasteiger partial charge on any atom is 0.673 e. The van der Waals surface area contributed by atoms with Crippen LogP contribution in [-0.4, -0.2) is 13.4 Å². The molecular formula is C7H10BF4O3-. The summed E-state index contributed by atoms with van der Waals surface area (Å²) < 4.78 is 47.8. The van der Waals surface area contributed by atoms with Crippen molar-refractivity contribution >= 4 is 13.4 Å². The van der Waals surface area contributed by atoms with E-state index in [1.807, 2.05) is 0 Å². The highest BCUT2D eigenvalue weighted by molar-refractivity contribution is 6.50. The third-order valence-corrected chi connectivity index (χ3v) is 0.601. The van der Waals surface area contributed by atoms with Gasteiger partial charge in [-0.1, -0.05) is 12.2 Å². The third kappa shape index (κ3) is 32.6. The van der Waals surface area contributed by atoms with Gasteiger partial charge in [-0.05, 0) is 13.8 Å². The zero-order valence-electron chi connectivity index (χ0n) is 8.12. The molecule has 0 amide bonds. The molecule has 0 N–H and O–H groups in total. The lowest BCUT2D eigenvalue weighted by atomic mass is 10.3. The fourth-order valence-electron chi connectivity index (χ4n) is 0.275. The Balaban J connectivity index is 0. The van der Waals surface area contributed by atoms with Gasteiger partial charge in [-0.3, -0.25) is 0 Å². The lowest BCUT2D eigenvalue weighted by Gasteiger charge is -1.94. The summed E-state index contributed by atoms with van der Waals surface area (Å²) in [5, 5.41) is 0. The highest BCUT2D eigenvalue weighted by Gasteiger charge is 2.20. The first-order valence-corrected chi connectivity index (χ1v) is 3.78. The molecule has 0 aromatic rings. The Hall–Kier alpha value is -1.47. The topological polar surface area (TPSA) is 35.5 Å². The molecule has 0 aliphatic carbocycles. The van der Waals surface area contributed by atoms with E-state index in [0.29, 0.717) is 0 Å². The van der Waals surface area contributed by atoms with Crippen molar-refractivity contribution in [2.45, 2.75) is 13.8 Å². The molecular weight excluding hydrogens is 219 g/mol. The average molecular weight is 229 g/mol. The average Bonchev–Trinajstić information content (AvgIpc) is 2.08. The molecule has 0 aliphatic heterocycles. The van der Waals surface area contributed by atoms with E-state index in [1.165, 1.54) is 12.5 Å². The summed E-state index contributed by atoms with van der Waals surface area (Å²) in [6.45, 7) is 3.48. The van der Waals surface area contributed by atoms with Gasteiger partial charge in [-0.15, -0.1) is 0 Å². The molecule has 0 aromatic carbocycles. The molecule has 0 unspecified atom stereocenters. The summed E-state index contributed by atoms with van der Waals surface area (Å²) in [7, 11) is -6.00. The van der Waals surface area contributed by atoms with E-state index >= 15 is 0 Å². The van der Waals surface area contributed by atoms with E-state index in [4.69, 9.17) is 0 Å². The van der Waals surface area contributed by atoms with Crippen LogP contribution in [0.2, 0.25) is 0 Å². The molecule has 0 aromatic heterocycles. The Morgan fingerprint density at radius 1 is 1.00 bits per heavy atom. The molecule has 88 valence electrons. The molecule has 0 fully saturated rings. The first kappa shape index (κ1) is 16.0. The highest BCUT2D eigenvalue weighted by atomic mass is 19.5. The van der Waals surface area contributed by atoms with Gasteiger partial charge in [0.2, 0.25) is 0 Å². The van der Waals surface area contributed by atoms with Gasteiger partial charge in [-0.2, -0.15) is 0 Å². The van der Waals surface area contributed by atoms with Crippen molar-refractivity contribution in [3.63, 3.8) is 0 Å². The van der Waals surface area contributed by atoms with Gasteiger partial charge >= 0.3 is 13.4 Å². The number of carbonyl (C=O) groups is 1. The monoisotopic (exact) mass is 229 g/mol. The number of allylic oxidation sites excluding steroid dienone is 2. The number of ether oxygens (including phenoxy) is 2. The van der Waals surface area contributed by atoms with E-state index < -0.39 is 13.4 Å². The van der Waals surface area contributed by atoms with Crippen LogP contribution >= 0.6 is 0 Å². The first-order chi connectivity index (χ1) is 6.81. The standard InChI is InChI=1S/C7H10O3.BF4/c1-3-5-9-7(8)10-6-4-2;2-1(3,4)5/h3-6H,1-2H3;/q;-1. The largest absolute Gasteiger partial charge is 0.673 e. The van der Waals surface area contributed by atoms with Crippen LogP contribution in [0, 0.1) is 0 Å². The summed E-state index contributed by atoms with van der Waals surface area (Å²) in [5.74, 6) is 0. The predicted molar refractivity (Wildman–Crippen MR) is 47.4 cm³/mol. The minimum absolute atomic E-state index is 0.726. The van der Waals surface area contributed by atoms with Crippen molar-refractivity contribution in [3.05, 3.63) is 24.7 Å². The van der Waals surface area contributed by atoms with Crippen molar-refractivity contribution < 1.29 is 31.5 Å². The van der Waals surface area contributed by atoms with Crippen LogP contribution in [0.1, 0.15) is 13.8 Å². The van der Waals surface area contributed by atoms with Gasteiger partial charge in [0.1, 0.15) is 0 Å². The molecule has 8 heteroatoms. The number of halogens is 4. The van der Waals surface area contributed by atoms with Gasteiger partial charge in [0.05, 0.1) is 12.5 Å². The van der Waals surface area contributed by atoms with Crippen molar-refractivity contribution in [1.29, 1.82) is 0 Å². The maximum atomic E-state index is 10.4. The van der Waals surface area contributed by atoms with Crippen LogP contribution in [0.15, 0.2) is 24.7 Å². The summed E-state index contributed by atoms with van der Waals surface area (Å²) in [5.41, 5.74) is 0. The van der Waals surface area contributed by atoms with E-state index in [9.17, 15) is 22.1 Å². The summed E-state index contributed by atoms with van der Waals surface area (Å²) in [6.07, 6.45) is 4.97. The zero-order valence-corrected chi connectivity index (χ0v) is 8.12. The fraction of sp³-hybridized carbons (Fsp3) is 0.286. The van der Waals surface area contributed by atoms with Gasteiger partial charge in [-0.25, -0.2) is 4.79 Å². The molecule has 0 heterocycles. The van der Waals surface area contributed by atoms with Crippen molar-refractivity contribution in [3.8, 4) is 0 Å². The number of hydrogen-bond acceptors (Lipinski definition) is 3.